The van der Waals surface area contributed by atoms with E-state index in [0.29, 0.717) is 5.82 Å². The molecule has 6 heteroatoms. The number of aryl methyl sites for hydroxylation is 1. The highest BCUT2D eigenvalue weighted by Crippen LogP contribution is 2.19. The molecule has 0 amide bonds. The fourth-order valence-electron chi connectivity index (χ4n) is 2.22. The minimum absolute atomic E-state index is 0.682. The van der Waals surface area contributed by atoms with E-state index in [1.165, 1.54) is 0 Å². The van der Waals surface area contributed by atoms with Crippen molar-refractivity contribution in [3.05, 3.63) is 52.7 Å². The van der Waals surface area contributed by atoms with Gasteiger partial charge in [0.2, 0.25) is 0 Å². The van der Waals surface area contributed by atoms with Crippen LogP contribution in [0, 0.1) is 0 Å². The molecule has 0 aliphatic rings. The minimum Gasteiger partial charge on any atom is -0.359 e. The first kappa shape index (κ1) is 15.6. The number of anilines is 1. The molecule has 0 radical (unpaired) electrons. The van der Waals surface area contributed by atoms with Crippen molar-refractivity contribution in [2.24, 2.45) is 0 Å². The molecule has 0 bridgehead atoms. The van der Waals surface area contributed by atoms with Gasteiger partial charge in [-0.15, -0.1) is 11.3 Å². The van der Waals surface area contributed by atoms with Crippen molar-refractivity contribution >= 4 is 17.2 Å². The van der Waals surface area contributed by atoms with Crippen LogP contribution in [0.25, 0.3) is 11.5 Å². The van der Waals surface area contributed by atoms with Crippen molar-refractivity contribution in [2.45, 2.75) is 19.8 Å². The molecular weight excluding hydrogens is 306 g/mol. The van der Waals surface area contributed by atoms with Crippen LogP contribution in [0.5, 0.6) is 0 Å². The first-order valence-electron chi connectivity index (χ1n) is 7.65. The lowest BCUT2D eigenvalue weighted by atomic mass is 10.2. The summed E-state index contributed by atoms with van der Waals surface area (Å²) in [6.07, 6.45) is 5.40. The van der Waals surface area contributed by atoms with Crippen molar-refractivity contribution in [1.82, 2.24) is 19.9 Å². The predicted molar refractivity (Wildman–Crippen MR) is 93.7 cm³/mol. The third kappa shape index (κ3) is 3.90. The highest BCUT2D eigenvalue weighted by atomic mass is 32.1. The van der Waals surface area contributed by atoms with Gasteiger partial charge in [-0.3, -0.25) is 4.98 Å². The van der Waals surface area contributed by atoms with Crippen LogP contribution in [0.2, 0.25) is 0 Å². The van der Waals surface area contributed by atoms with Gasteiger partial charge in [-0.2, -0.15) is 0 Å². The second-order valence-electron chi connectivity index (χ2n) is 5.21. The molecule has 3 heterocycles. The minimum atomic E-state index is 0.682. The molecular formula is C17H19N5S. The molecule has 23 heavy (non-hydrogen) atoms. The summed E-state index contributed by atoms with van der Waals surface area (Å²) in [5.41, 5.74) is 1.83. The molecule has 0 fully saturated rings. The summed E-state index contributed by atoms with van der Waals surface area (Å²) < 4.78 is 0. The maximum atomic E-state index is 4.69. The summed E-state index contributed by atoms with van der Waals surface area (Å²) in [6.45, 7) is 2.97. The van der Waals surface area contributed by atoms with E-state index in [-0.39, 0.29) is 0 Å². The maximum absolute atomic E-state index is 4.69. The summed E-state index contributed by atoms with van der Waals surface area (Å²) in [6, 6.07) is 7.84. The van der Waals surface area contributed by atoms with Gasteiger partial charge in [0.05, 0.1) is 5.01 Å². The largest absolute Gasteiger partial charge is 0.359 e. The Labute approximate surface area is 140 Å². The third-order valence-electron chi connectivity index (χ3n) is 3.56. The molecule has 0 aliphatic heterocycles. The van der Waals surface area contributed by atoms with Gasteiger partial charge in [-0.05, 0) is 18.6 Å². The first-order chi connectivity index (χ1) is 11.3. The summed E-state index contributed by atoms with van der Waals surface area (Å²) in [7, 11) is 2.05. The molecule has 3 aromatic heterocycles. The molecule has 0 unspecified atom stereocenters. The fourth-order valence-corrected chi connectivity index (χ4v) is 2.83. The van der Waals surface area contributed by atoms with Gasteiger partial charge >= 0.3 is 0 Å². The predicted octanol–water partition coefficient (Wildman–Crippen LogP) is 3.24. The second-order valence-corrected chi connectivity index (χ2v) is 6.19. The van der Waals surface area contributed by atoms with Crippen LogP contribution >= 0.6 is 11.3 Å². The summed E-state index contributed by atoms with van der Waals surface area (Å²) >= 11 is 1.69. The standard InChI is InChI=1S/C17H19N5S/c1-3-13-12-15(22(2)10-7-16-19-9-11-23-16)21-17(20-13)14-6-4-5-8-18-14/h4-6,8-9,11-12H,3,7,10H2,1-2H3. The highest BCUT2D eigenvalue weighted by Gasteiger charge is 2.10. The molecule has 0 spiro atoms. The Bertz CT molecular complexity index is 743. The zero-order chi connectivity index (χ0) is 16.1. The van der Waals surface area contributed by atoms with Gasteiger partial charge in [-0.25, -0.2) is 15.0 Å². The van der Waals surface area contributed by atoms with Gasteiger partial charge < -0.3 is 4.90 Å². The normalized spacial score (nSPS) is 10.7. The Morgan fingerprint density at radius 2 is 2.04 bits per heavy atom. The maximum Gasteiger partial charge on any atom is 0.180 e. The molecule has 0 N–H and O–H groups in total. The number of thiazole rings is 1. The van der Waals surface area contributed by atoms with Crippen LogP contribution in [0.15, 0.2) is 42.0 Å². The molecule has 3 aromatic rings. The SMILES string of the molecule is CCc1cc(N(C)CCc2nccs2)nc(-c2ccccn2)n1. The van der Waals surface area contributed by atoms with E-state index in [2.05, 4.69) is 38.8 Å². The topological polar surface area (TPSA) is 54.8 Å². The number of aromatic nitrogens is 4. The van der Waals surface area contributed by atoms with E-state index in [1.54, 1.807) is 17.5 Å². The smallest absolute Gasteiger partial charge is 0.180 e. The van der Waals surface area contributed by atoms with E-state index in [9.17, 15) is 0 Å². The molecule has 5 nitrogen and oxygen atoms in total. The number of pyridine rings is 1. The van der Waals surface area contributed by atoms with E-state index in [0.717, 1.165) is 41.6 Å². The van der Waals surface area contributed by atoms with E-state index >= 15 is 0 Å². The van der Waals surface area contributed by atoms with Gasteiger partial charge in [0, 0.05) is 49.5 Å². The highest BCUT2D eigenvalue weighted by molar-refractivity contribution is 7.09. The zero-order valence-corrected chi connectivity index (χ0v) is 14.1. The van der Waals surface area contributed by atoms with Gasteiger partial charge in [0.25, 0.3) is 0 Å². The number of nitrogens with zero attached hydrogens (tertiary/aromatic N) is 5. The molecule has 3 rings (SSSR count). The van der Waals surface area contributed by atoms with Crippen molar-refractivity contribution in [3.8, 4) is 11.5 Å². The monoisotopic (exact) mass is 325 g/mol. The number of hydrogen-bond donors (Lipinski definition) is 0. The number of likely N-dealkylation sites (N-methyl/N-ethyl adjacent to an activating group) is 1. The second kappa shape index (κ2) is 7.28. The van der Waals surface area contributed by atoms with Crippen molar-refractivity contribution in [2.75, 3.05) is 18.5 Å². The Hall–Kier alpha value is -2.34. The van der Waals surface area contributed by atoms with E-state index in [1.807, 2.05) is 35.8 Å². The quantitative estimate of drug-likeness (QED) is 0.696. The van der Waals surface area contributed by atoms with Crippen LogP contribution in [-0.4, -0.2) is 33.5 Å². The van der Waals surface area contributed by atoms with Gasteiger partial charge in [0.15, 0.2) is 5.82 Å². The van der Waals surface area contributed by atoms with Gasteiger partial charge in [-0.1, -0.05) is 13.0 Å². The van der Waals surface area contributed by atoms with Crippen LogP contribution < -0.4 is 4.90 Å². The third-order valence-corrected chi connectivity index (χ3v) is 4.40. The fraction of sp³-hybridized carbons (Fsp3) is 0.294. The molecule has 0 aliphatic carbocycles. The van der Waals surface area contributed by atoms with E-state index < -0.39 is 0 Å². The van der Waals surface area contributed by atoms with Crippen LogP contribution in [0.1, 0.15) is 17.6 Å². The first-order valence-corrected chi connectivity index (χ1v) is 8.53. The molecule has 118 valence electrons. The van der Waals surface area contributed by atoms with Crippen molar-refractivity contribution in [3.63, 3.8) is 0 Å². The van der Waals surface area contributed by atoms with Crippen molar-refractivity contribution in [1.29, 1.82) is 0 Å². The van der Waals surface area contributed by atoms with Crippen LogP contribution in [0.4, 0.5) is 5.82 Å². The lowest BCUT2D eigenvalue weighted by molar-refractivity contribution is 0.844. The Balaban J connectivity index is 1.83. The lowest BCUT2D eigenvalue weighted by Gasteiger charge is -2.18. The average molecular weight is 325 g/mol. The number of rotatable bonds is 6. The lowest BCUT2D eigenvalue weighted by Crippen LogP contribution is -2.22. The zero-order valence-electron chi connectivity index (χ0n) is 13.3. The molecule has 0 saturated carbocycles. The molecule has 0 atom stereocenters. The van der Waals surface area contributed by atoms with Crippen LogP contribution in [-0.2, 0) is 12.8 Å². The molecule has 0 saturated heterocycles. The Morgan fingerprint density at radius 1 is 1.13 bits per heavy atom. The number of hydrogen-bond acceptors (Lipinski definition) is 6. The Kier molecular flexibility index (Phi) is 4.92. The van der Waals surface area contributed by atoms with Gasteiger partial charge in [0.1, 0.15) is 11.5 Å². The molecule has 0 aromatic carbocycles. The summed E-state index contributed by atoms with van der Waals surface area (Å²) in [4.78, 5) is 20.1. The summed E-state index contributed by atoms with van der Waals surface area (Å²) in [5.74, 6) is 1.61. The van der Waals surface area contributed by atoms with Crippen LogP contribution in [0.3, 0.4) is 0 Å². The van der Waals surface area contributed by atoms with Crippen molar-refractivity contribution < 1.29 is 0 Å². The average Bonchev–Trinajstić information content (AvgIpc) is 3.13. The van der Waals surface area contributed by atoms with E-state index in [4.69, 9.17) is 0 Å². The summed E-state index contributed by atoms with van der Waals surface area (Å²) in [5, 5.41) is 3.15. The Morgan fingerprint density at radius 3 is 2.74 bits per heavy atom.